The van der Waals surface area contributed by atoms with Crippen molar-refractivity contribution in [2.24, 2.45) is 5.10 Å². The number of benzene rings is 1. The molecule has 0 atom stereocenters. The summed E-state index contributed by atoms with van der Waals surface area (Å²) in [6, 6.07) is 7.79. The van der Waals surface area contributed by atoms with Gasteiger partial charge < -0.3 is 4.74 Å². The van der Waals surface area contributed by atoms with Crippen molar-refractivity contribution >= 4 is 38.6 Å². The number of ether oxygens (including phenoxy) is 1. The number of alkyl halides is 1. The van der Waals surface area contributed by atoms with Crippen molar-refractivity contribution in [2.45, 2.75) is 6.92 Å². The van der Waals surface area contributed by atoms with Crippen molar-refractivity contribution in [1.82, 2.24) is 4.98 Å². The molecule has 1 heterocycles. The Labute approximate surface area is 124 Å². The van der Waals surface area contributed by atoms with Crippen molar-refractivity contribution in [3.8, 4) is 5.75 Å². The molecule has 0 aliphatic carbocycles. The van der Waals surface area contributed by atoms with Crippen LogP contribution in [-0.4, -0.2) is 23.1 Å². The molecule has 0 aliphatic heterocycles. The first-order valence-corrected chi connectivity index (χ1v) is 7.78. The fraction of sp³-hybridized carbons (Fsp3) is 0.231. The van der Waals surface area contributed by atoms with E-state index in [0.717, 1.165) is 27.5 Å². The highest BCUT2D eigenvalue weighted by atomic mass is 79.9. The van der Waals surface area contributed by atoms with Crippen LogP contribution in [0.2, 0.25) is 0 Å². The first-order chi connectivity index (χ1) is 9.29. The molecule has 1 N–H and O–H groups in total. The summed E-state index contributed by atoms with van der Waals surface area (Å²) in [5.41, 5.74) is 4.83. The van der Waals surface area contributed by atoms with Gasteiger partial charge >= 0.3 is 0 Å². The Bertz CT molecular complexity index is 556. The van der Waals surface area contributed by atoms with Crippen molar-refractivity contribution in [3.05, 3.63) is 40.9 Å². The van der Waals surface area contributed by atoms with E-state index < -0.39 is 0 Å². The van der Waals surface area contributed by atoms with E-state index in [9.17, 15) is 0 Å². The second kappa shape index (κ2) is 7.25. The van der Waals surface area contributed by atoms with Gasteiger partial charge in [0.25, 0.3) is 0 Å². The smallest absolute Gasteiger partial charge is 0.203 e. The van der Waals surface area contributed by atoms with E-state index in [4.69, 9.17) is 4.74 Å². The number of aryl methyl sites for hydroxylation is 1. The predicted octanol–water partition coefficient (Wildman–Crippen LogP) is 3.67. The molecule has 0 spiro atoms. The van der Waals surface area contributed by atoms with E-state index >= 15 is 0 Å². The summed E-state index contributed by atoms with van der Waals surface area (Å²) in [7, 11) is 0. The topological polar surface area (TPSA) is 46.5 Å². The highest BCUT2D eigenvalue weighted by molar-refractivity contribution is 9.09. The third-order valence-electron chi connectivity index (χ3n) is 2.24. The molecule has 1 aromatic carbocycles. The Morgan fingerprint density at radius 1 is 1.47 bits per heavy atom. The van der Waals surface area contributed by atoms with Gasteiger partial charge in [-0.1, -0.05) is 28.1 Å². The highest BCUT2D eigenvalue weighted by Gasteiger charge is 2.00. The Hall–Kier alpha value is -1.40. The van der Waals surface area contributed by atoms with Crippen molar-refractivity contribution in [3.63, 3.8) is 0 Å². The lowest BCUT2D eigenvalue weighted by Crippen LogP contribution is -2.01. The number of nitrogens with zero attached hydrogens (tertiary/aromatic N) is 2. The summed E-state index contributed by atoms with van der Waals surface area (Å²) in [5.74, 6) is 0.822. The van der Waals surface area contributed by atoms with Gasteiger partial charge in [0.1, 0.15) is 5.75 Å². The zero-order valence-corrected chi connectivity index (χ0v) is 12.9. The summed E-state index contributed by atoms with van der Waals surface area (Å²) in [4.78, 5) is 4.27. The molecule has 6 heteroatoms. The molecule has 0 saturated heterocycles. The quantitative estimate of drug-likeness (QED) is 0.496. The molecule has 0 fully saturated rings. The lowest BCUT2D eigenvalue weighted by molar-refractivity contribution is 0.344. The molecule has 0 amide bonds. The van der Waals surface area contributed by atoms with Gasteiger partial charge in [-0.05, 0) is 19.1 Å². The van der Waals surface area contributed by atoms with Crippen LogP contribution in [0.3, 0.4) is 0 Å². The minimum atomic E-state index is 0.629. The number of para-hydroxylation sites is 1. The second-order valence-corrected chi connectivity index (χ2v) is 5.39. The van der Waals surface area contributed by atoms with Crippen molar-refractivity contribution < 1.29 is 4.74 Å². The monoisotopic (exact) mass is 339 g/mol. The van der Waals surface area contributed by atoms with Crippen LogP contribution in [0.1, 0.15) is 11.3 Å². The number of hydrazone groups is 1. The highest BCUT2D eigenvalue weighted by Crippen LogP contribution is 2.17. The van der Waals surface area contributed by atoms with Gasteiger partial charge in [-0.2, -0.15) is 5.10 Å². The Morgan fingerprint density at radius 2 is 2.32 bits per heavy atom. The normalized spacial score (nSPS) is 10.8. The van der Waals surface area contributed by atoms with Gasteiger partial charge in [0.2, 0.25) is 5.13 Å². The lowest BCUT2D eigenvalue weighted by atomic mass is 10.2. The summed E-state index contributed by atoms with van der Waals surface area (Å²) < 4.78 is 5.61. The molecule has 0 radical (unpaired) electrons. The Kier molecular flexibility index (Phi) is 5.35. The van der Waals surface area contributed by atoms with Crippen LogP contribution in [0.4, 0.5) is 5.13 Å². The van der Waals surface area contributed by atoms with Gasteiger partial charge in [-0.3, -0.25) is 5.43 Å². The number of hydrogen-bond donors (Lipinski definition) is 1. The standard InChI is InChI=1S/C13H14BrN3OS/c1-10-9-19-13(16-10)17-15-8-11-4-2-3-5-12(11)18-7-6-14/h2-5,8-9H,6-7H2,1H3,(H,16,17). The summed E-state index contributed by atoms with van der Waals surface area (Å²) in [6.07, 6.45) is 1.74. The van der Waals surface area contributed by atoms with Crippen LogP contribution < -0.4 is 10.2 Å². The molecule has 0 bridgehead atoms. The second-order valence-electron chi connectivity index (χ2n) is 3.74. The Balaban J connectivity index is 2.01. The van der Waals surface area contributed by atoms with Crippen molar-refractivity contribution in [1.29, 1.82) is 0 Å². The average molecular weight is 340 g/mol. The lowest BCUT2D eigenvalue weighted by Gasteiger charge is -2.06. The molecular weight excluding hydrogens is 326 g/mol. The number of hydrogen-bond acceptors (Lipinski definition) is 5. The molecule has 0 aliphatic rings. The maximum atomic E-state index is 5.61. The largest absolute Gasteiger partial charge is 0.492 e. The minimum absolute atomic E-state index is 0.629. The minimum Gasteiger partial charge on any atom is -0.492 e. The average Bonchev–Trinajstić information content (AvgIpc) is 2.83. The summed E-state index contributed by atoms with van der Waals surface area (Å²) in [6.45, 7) is 2.58. The fourth-order valence-corrected chi connectivity index (χ4v) is 2.23. The molecule has 2 rings (SSSR count). The predicted molar refractivity (Wildman–Crippen MR) is 83.8 cm³/mol. The summed E-state index contributed by atoms with van der Waals surface area (Å²) in [5, 5.41) is 7.74. The number of thiazole rings is 1. The van der Waals surface area contributed by atoms with E-state index in [2.05, 4.69) is 31.4 Å². The van der Waals surface area contributed by atoms with Gasteiger partial charge in [-0.25, -0.2) is 4.98 Å². The number of rotatable bonds is 6. The molecule has 0 unspecified atom stereocenters. The van der Waals surface area contributed by atoms with Gasteiger partial charge in [0.15, 0.2) is 0 Å². The molecular formula is C13H14BrN3OS. The van der Waals surface area contributed by atoms with Crippen LogP contribution in [0.25, 0.3) is 0 Å². The summed E-state index contributed by atoms with van der Waals surface area (Å²) >= 11 is 4.87. The van der Waals surface area contributed by atoms with E-state index in [-0.39, 0.29) is 0 Å². The molecule has 19 heavy (non-hydrogen) atoms. The van der Waals surface area contributed by atoms with Crippen LogP contribution in [0, 0.1) is 6.92 Å². The molecule has 100 valence electrons. The van der Waals surface area contributed by atoms with Crippen LogP contribution in [-0.2, 0) is 0 Å². The van der Waals surface area contributed by atoms with E-state index in [1.165, 1.54) is 11.3 Å². The zero-order valence-electron chi connectivity index (χ0n) is 10.5. The van der Waals surface area contributed by atoms with E-state index in [0.29, 0.717) is 6.61 Å². The first-order valence-electron chi connectivity index (χ1n) is 5.78. The van der Waals surface area contributed by atoms with Gasteiger partial charge in [0, 0.05) is 16.3 Å². The molecule has 0 saturated carbocycles. The molecule has 2 aromatic rings. The van der Waals surface area contributed by atoms with E-state index in [1.807, 2.05) is 36.6 Å². The SMILES string of the molecule is Cc1csc(NN=Cc2ccccc2OCCBr)n1. The Morgan fingerprint density at radius 3 is 3.05 bits per heavy atom. The zero-order chi connectivity index (χ0) is 13.5. The maximum Gasteiger partial charge on any atom is 0.203 e. The van der Waals surface area contributed by atoms with Gasteiger partial charge in [0.05, 0.1) is 18.5 Å². The third-order valence-corrected chi connectivity index (χ3v) is 3.43. The fourth-order valence-electron chi connectivity index (χ4n) is 1.43. The van der Waals surface area contributed by atoms with Crippen LogP contribution in [0.5, 0.6) is 5.75 Å². The maximum absolute atomic E-state index is 5.61. The molecule has 1 aromatic heterocycles. The van der Waals surface area contributed by atoms with E-state index in [1.54, 1.807) is 6.21 Å². The van der Waals surface area contributed by atoms with Gasteiger partial charge in [-0.15, -0.1) is 11.3 Å². The van der Waals surface area contributed by atoms with Crippen LogP contribution in [0.15, 0.2) is 34.7 Å². The first kappa shape index (κ1) is 14.0. The molecule has 4 nitrogen and oxygen atoms in total. The number of halogens is 1. The number of aromatic nitrogens is 1. The van der Waals surface area contributed by atoms with Crippen molar-refractivity contribution in [2.75, 3.05) is 17.4 Å². The number of nitrogens with one attached hydrogen (secondary N) is 1. The number of anilines is 1. The van der Waals surface area contributed by atoms with Crippen LogP contribution >= 0.6 is 27.3 Å². The third kappa shape index (κ3) is 4.33.